The van der Waals surface area contributed by atoms with Gasteiger partial charge in [0.25, 0.3) is 0 Å². The summed E-state index contributed by atoms with van der Waals surface area (Å²) in [5.41, 5.74) is 0.903. The lowest BCUT2D eigenvalue weighted by atomic mass is 10.2. The van der Waals surface area contributed by atoms with Crippen LogP contribution in [0.15, 0.2) is 39.7 Å². The van der Waals surface area contributed by atoms with Crippen LogP contribution in [-0.2, 0) is 11.3 Å². The van der Waals surface area contributed by atoms with Gasteiger partial charge in [-0.2, -0.15) is 0 Å². The molecule has 2 N–H and O–H groups in total. The van der Waals surface area contributed by atoms with Crippen molar-refractivity contribution in [3.8, 4) is 0 Å². The second kappa shape index (κ2) is 9.10. The van der Waals surface area contributed by atoms with Crippen molar-refractivity contribution >= 4 is 16.9 Å². The van der Waals surface area contributed by atoms with E-state index >= 15 is 0 Å². The highest BCUT2D eigenvalue weighted by Gasteiger charge is 2.03. The number of furan rings is 1. The average Bonchev–Trinajstić information content (AvgIpc) is 2.95. The van der Waals surface area contributed by atoms with Gasteiger partial charge >= 0.3 is 0 Å². The van der Waals surface area contributed by atoms with Crippen LogP contribution in [0.2, 0.25) is 0 Å². The predicted molar refractivity (Wildman–Crippen MR) is 90.1 cm³/mol. The van der Waals surface area contributed by atoms with E-state index in [9.17, 15) is 0 Å². The molecular formula is C17H25N3O2. The van der Waals surface area contributed by atoms with E-state index in [1.807, 2.05) is 30.3 Å². The predicted octanol–water partition coefficient (Wildman–Crippen LogP) is 2.91. The molecule has 0 saturated heterocycles. The van der Waals surface area contributed by atoms with E-state index in [1.165, 1.54) is 0 Å². The maximum atomic E-state index is 5.78. The molecular weight excluding hydrogens is 278 g/mol. The quantitative estimate of drug-likeness (QED) is 0.447. The minimum atomic E-state index is 0.517. The second-order valence-corrected chi connectivity index (χ2v) is 5.12. The third-order valence-electron chi connectivity index (χ3n) is 3.29. The van der Waals surface area contributed by atoms with E-state index in [4.69, 9.17) is 9.15 Å². The van der Waals surface area contributed by atoms with E-state index in [1.54, 1.807) is 7.11 Å². The van der Waals surface area contributed by atoms with E-state index in [0.717, 1.165) is 48.6 Å². The number of rotatable bonds is 8. The smallest absolute Gasteiger partial charge is 0.191 e. The number of ether oxygens (including phenoxy) is 1. The third-order valence-corrected chi connectivity index (χ3v) is 3.29. The van der Waals surface area contributed by atoms with Crippen LogP contribution in [0, 0.1) is 0 Å². The number of hydrogen-bond acceptors (Lipinski definition) is 3. The summed E-state index contributed by atoms with van der Waals surface area (Å²) in [5.74, 6) is 1.66. The maximum absolute atomic E-state index is 5.78. The molecule has 0 aliphatic rings. The molecule has 1 aromatic carbocycles. The number of para-hydroxylation sites is 1. The summed E-state index contributed by atoms with van der Waals surface area (Å²) >= 11 is 0. The van der Waals surface area contributed by atoms with Crippen LogP contribution in [0.25, 0.3) is 11.0 Å². The number of hydrogen-bond donors (Lipinski definition) is 2. The number of aliphatic imine (C=N–C) groups is 1. The van der Waals surface area contributed by atoms with Crippen LogP contribution in [-0.4, -0.2) is 32.8 Å². The number of methoxy groups -OCH3 is 1. The summed E-state index contributed by atoms with van der Waals surface area (Å²) in [4.78, 5) is 4.58. The Kier molecular flexibility index (Phi) is 6.77. The number of nitrogens with one attached hydrogen (secondary N) is 2. The molecule has 0 fully saturated rings. The van der Waals surface area contributed by atoms with Crippen molar-refractivity contribution in [2.45, 2.75) is 26.3 Å². The molecule has 0 radical (unpaired) electrons. The SMILES string of the molecule is CCCCNC(=NCc1cc2ccccc2o1)NCCOC. The Morgan fingerprint density at radius 3 is 2.82 bits per heavy atom. The highest BCUT2D eigenvalue weighted by Crippen LogP contribution is 2.19. The van der Waals surface area contributed by atoms with Crippen molar-refractivity contribution in [1.82, 2.24) is 10.6 Å². The van der Waals surface area contributed by atoms with E-state index in [-0.39, 0.29) is 0 Å². The standard InChI is InChI=1S/C17H25N3O2/c1-3-4-9-18-17(19-10-11-21-2)20-13-15-12-14-7-5-6-8-16(14)22-15/h5-8,12H,3-4,9-11,13H2,1-2H3,(H2,18,19,20). The van der Waals surface area contributed by atoms with Gasteiger partial charge in [0.2, 0.25) is 0 Å². The molecule has 1 aromatic heterocycles. The van der Waals surface area contributed by atoms with Gasteiger partial charge in [-0.15, -0.1) is 0 Å². The second-order valence-electron chi connectivity index (χ2n) is 5.12. The summed E-state index contributed by atoms with van der Waals surface area (Å²) in [7, 11) is 1.69. The first-order valence-electron chi connectivity index (χ1n) is 7.82. The molecule has 5 heteroatoms. The Morgan fingerprint density at radius 2 is 2.05 bits per heavy atom. The Hall–Kier alpha value is -2.01. The molecule has 0 unspecified atom stereocenters. The van der Waals surface area contributed by atoms with Gasteiger partial charge in [0.05, 0.1) is 6.61 Å². The highest BCUT2D eigenvalue weighted by molar-refractivity contribution is 5.80. The van der Waals surface area contributed by atoms with Crippen LogP contribution < -0.4 is 10.6 Å². The first-order chi connectivity index (χ1) is 10.8. The van der Waals surface area contributed by atoms with Crippen molar-refractivity contribution in [1.29, 1.82) is 0 Å². The first-order valence-corrected chi connectivity index (χ1v) is 7.82. The van der Waals surface area contributed by atoms with Crippen LogP contribution >= 0.6 is 0 Å². The fourth-order valence-corrected chi connectivity index (χ4v) is 2.10. The van der Waals surface area contributed by atoms with Crippen molar-refractivity contribution in [2.24, 2.45) is 4.99 Å². The minimum Gasteiger partial charge on any atom is -0.459 e. The Bertz CT molecular complexity index is 547. The average molecular weight is 303 g/mol. The van der Waals surface area contributed by atoms with Crippen LogP contribution in [0.3, 0.4) is 0 Å². The topological polar surface area (TPSA) is 58.8 Å². The molecule has 0 atom stereocenters. The zero-order valence-electron chi connectivity index (χ0n) is 13.4. The van der Waals surface area contributed by atoms with Crippen molar-refractivity contribution in [3.63, 3.8) is 0 Å². The summed E-state index contributed by atoms with van der Waals surface area (Å²) in [6.07, 6.45) is 2.28. The number of unbranched alkanes of at least 4 members (excludes halogenated alkanes) is 1. The molecule has 22 heavy (non-hydrogen) atoms. The molecule has 0 saturated carbocycles. The lowest BCUT2D eigenvalue weighted by molar-refractivity contribution is 0.203. The Labute approximate surface area is 131 Å². The van der Waals surface area contributed by atoms with Gasteiger partial charge in [-0.3, -0.25) is 0 Å². The van der Waals surface area contributed by atoms with Gasteiger partial charge in [0, 0.05) is 25.6 Å². The summed E-state index contributed by atoms with van der Waals surface area (Å²) in [6.45, 7) is 4.98. The lowest BCUT2D eigenvalue weighted by Gasteiger charge is -2.11. The van der Waals surface area contributed by atoms with Crippen molar-refractivity contribution < 1.29 is 9.15 Å². The first kappa shape index (κ1) is 16.4. The van der Waals surface area contributed by atoms with Crippen LogP contribution in [0.4, 0.5) is 0 Å². The Balaban J connectivity index is 1.96. The molecule has 0 bridgehead atoms. The molecule has 0 amide bonds. The fraction of sp³-hybridized carbons (Fsp3) is 0.471. The van der Waals surface area contributed by atoms with Crippen LogP contribution in [0.1, 0.15) is 25.5 Å². The molecule has 0 aliphatic heterocycles. The molecule has 120 valence electrons. The zero-order valence-corrected chi connectivity index (χ0v) is 13.4. The van der Waals surface area contributed by atoms with E-state index < -0.39 is 0 Å². The summed E-state index contributed by atoms with van der Waals surface area (Å²) < 4.78 is 10.8. The molecule has 0 aliphatic carbocycles. The zero-order chi connectivity index (χ0) is 15.6. The number of nitrogens with zero attached hydrogens (tertiary/aromatic N) is 1. The monoisotopic (exact) mass is 303 g/mol. The molecule has 0 spiro atoms. The van der Waals surface area contributed by atoms with Crippen molar-refractivity contribution in [2.75, 3.05) is 26.8 Å². The van der Waals surface area contributed by atoms with E-state index in [0.29, 0.717) is 13.2 Å². The number of benzene rings is 1. The fourth-order valence-electron chi connectivity index (χ4n) is 2.10. The molecule has 2 rings (SSSR count). The lowest BCUT2D eigenvalue weighted by Crippen LogP contribution is -2.39. The van der Waals surface area contributed by atoms with Crippen molar-refractivity contribution in [3.05, 3.63) is 36.1 Å². The highest BCUT2D eigenvalue weighted by atomic mass is 16.5. The van der Waals surface area contributed by atoms with Gasteiger partial charge < -0.3 is 19.8 Å². The van der Waals surface area contributed by atoms with Gasteiger partial charge in [-0.25, -0.2) is 4.99 Å². The van der Waals surface area contributed by atoms with Gasteiger partial charge in [0.15, 0.2) is 5.96 Å². The third kappa shape index (κ3) is 5.07. The van der Waals surface area contributed by atoms with Gasteiger partial charge in [-0.05, 0) is 18.6 Å². The van der Waals surface area contributed by atoms with Gasteiger partial charge in [-0.1, -0.05) is 31.5 Å². The normalized spacial score (nSPS) is 11.8. The largest absolute Gasteiger partial charge is 0.459 e. The molecule has 2 aromatic rings. The summed E-state index contributed by atoms with van der Waals surface area (Å²) in [5, 5.41) is 7.69. The van der Waals surface area contributed by atoms with Crippen LogP contribution in [0.5, 0.6) is 0 Å². The Morgan fingerprint density at radius 1 is 1.23 bits per heavy atom. The molecule has 5 nitrogen and oxygen atoms in total. The number of guanidine groups is 1. The minimum absolute atomic E-state index is 0.517. The summed E-state index contributed by atoms with van der Waals surface area (Å²) in [6, 6.07) is 10.0. The number of fused-ring (bicyclic) bond motifs is 1. The van der Waals surface area contributed by atoms with Gasteiger partial charge in [0.1, 0.15) is 17.9 Å². The molecule has 1 heterocycles. The van der Waals surface area contributed by atoms with E-state index in [2.05, 4.69) is 22.5 Å². The maximum Gasteiger partial charge on any atom is 0.191 e.